The van der Waals surface area contributed by atoms with Gasteiger partial charge in [-0.05, 0) is 49.4 Å². The van der Waals surface area contributed by atoms with E-state index in [1.165, 1.54) is 29.4 Å². The fourth-order valence-corrected chi connectivity index (χ4v) is 7.05. The van der Waals surface area contributed by atoms with E-state index in [0.29, 0.717) is 29.2 Å². The average Bonchev–Trinajstić information content (AvgIpc) is 3.50. The van der Waals surface area contributed by atoms with Crippen molar-refractivity contribution < 1.29 is 14.6 Å². The number of hydrogen-bond donors (Lipinski definition) is 2. The molecule has 0 radical (unpaired) electrons. The largest absolute Gasteiger partial charge is 0.494 e. The van der Waals surface area contributed by atoms with Crippen LogP contribution < -0.4 is 15.0 Å². The van der Waals surface area contributed by atoms with Gasteiger partial charge in [0.25, 0.3) is 5.91 Å². The third-order valence-corrected chi connectivity index (χ3v) is 9.43. The van der Waals surface area contributed by atoms with Crippen LogP contribution in [0.2, 0.25) is 0 Å². The van der Waals surface area contributed by atoms with E-state index in [2.05, 4.69) is 43.6 Å². The topological polar surface area (TPSA) is 87.8 Å². The number of fused-ring (bicyclic) bond motifs is 2. The van der Waals surface area contributed by atoms with Gasteiger partial charge < -0.3 is 34.1 Å². The number of methoxy groups -OCH3 is 1. The van der Waals surface area contributed by atoms with Crippen molar-refractivity contribution in [1.82, 2.24) is 24.3 Å². The lowest BCUT2D eigenvalue weighted by molar-refractivity contribution is 0.0789. The second kappa shape index (κ2) is 9.24. The number of benzene rings is 2. The van der Waals surface area contributed by atoms with E-state index >= 15 is 0 Å². The Hall–Kier alpha value is -3.56. The van der Waals surface area contributed by atoms with Crippen LogP contribution in [0, 0.1) is 11.8 Å². The van der Waals surface area contributed by atoms with Crippen LogP contribution in [0.5, 0.6) is 5.75 Å². The van der Waals surface area contributed by atoms with Crippen molar-refractivity contribution in [2.45, 2.75) is 38.4 Å². The molecule has 0 bridgehead atoms. The third-order valence-electron chi connectivity index (χ3n) is 9.43. The lowest BCUT2D eigenvalue weighted by Gasteiger charge is -2.31. The maximum Gasteiger partial charge on any atom is 0.254 e. The Balaban J connectivity index is 1.26. The molecule has 1 saturated carbocycles. The number of hydrogen-bond acceptors (Lipinski definition) is 6. The number of carbonyl (C=O) groups excluding carboxylic acids is 1. The number of ether oxygens (including phenoxy) is 1. The molecule has 2 atom stereocenters. The molecule has 2 saturated heterocycles. The fourth-order valence-electron chi connectivity index (χ4n) is 7.05. The van der Waals surface area contributed by atoms with Crippen LogP contribution in [0.15, 0.2) is 36.4 Å². The Morgan fingerprint density at radius 2 is 2.05 bits per heavy atom. The molecule has 8 rings (SSSR count). The number of nitrogens with zero attached hydrogens (tertiary/aromatic N) is 5. The van der Waals surface area contributed by atoms with Crippen LogP contribution in [0.1, 0.15) is 29.6 Å². The van der Waals surface area contributed by atoms with Gasteiger partial charge in [-0.15, -0.1) is 0 Å². The molecule has 4 aliphatic rings. The zero-order valence-corrected chi connectivity index (χ0v) is 23.0. The molecule has 2 aromatic heterocycles. The Labute approximate surface area is 233 Å². The molecule has 0 spiro atoms. The zero-order chi connectivity index (χ0) is 27.0. The summed E-state index contributed by atoms with van der Waals surface area (Å²) in [6.07, 6.45) is 3.23. The number of aliphatic hydroxyl groups excluding tert-OH is 1. The minimum atomic E-state index is 0.0609. The van der Waals surface area contributed by atoms with Crippen molar-refractivity contribution in [1.29, 1.82) is 0 Å². The Morgan fingerprint density at radius 3 is 2.77 bits per heavy atom. The first-order valence-electron chi connectivity index (χ1n) is 14.7. The van der Waals surface area contributed by atoms with Crippen molar-refractivity contribution in [3.8, 4) is 17.3 Å². The summed E-state index contributed by atoms with van der Waals surface area (Å²) in [5.74, 6) is 2.94. The van der Waals surface area contributed by atoms with Gasteiger partial charge in [0.15, 0.2) is 5.82 Å². The molecular formula is C31H36N6O3. The summed E-state index contributed by atoms with van der Waals surface area (Å²) in [6, 6.07) is 13.1. The van der Waals surface area contributed by atoms with Gasteiger partial charge in [0.2, 0.25) is 0 Å². The van der Waals surface area contributed by atoms with Crippen molar-refractivity contribution in [3.63, 3.8) is 0 Å². The lowest BCUT2D eigenvalue weighted by Crippen LogP contribution is -2.51. The monoisotopic (exact) mass is 540 g/mol. The minimum Gasteiger partial charge on any atom is -0.494 e. The molecule has 2 aromatic carbocycles. The molecule has 9 heteroatoms. The number of aliphatic hydroxyl groups is 1. The SMILES string of the molecule is COc1cc(C(=O)N2CC3CNC3C2)cc2nc(-c3cc4cccc5c4n3CCN5CCCO)n(CC3CC3)c12. The van der Waals surface area contributed by atoms with Crippen molar-refractivity contribution in [3.05, 3.63) is 42.0 Å². The molecule has 2 unspecified atom stereocenters. The van der Waals surface area contributed by atoms with Crippen LogP contribution in [-0.4, -0.2) is 82.5 Å². The van der Waals surface area contributed by atoms with Crippen molar-refractivity contribution >= 4 is 33.5 Å². The van der Waals surface area contributed by atoms with Gasteiger partial charge in [-0.25, -0.2) is 4.98 Å². The molecular weight excluding hydrogens is 504 g/mol. The average molecular weight is 541 g/mol. The quantitative estimate of drug-likeness (QED) is 0.357. The van der Waals surface area contributed by atoms with Gasteiger partial charge in [-0.3, -0.25) is 4.79 Å². The highest BCUT2D eigenvalue weighted by atomic mass is 16.5. The maximum atomic E-state index is 13.6. The summed E-state index contributed by atoms with van der Waals surface area (Å²) in [5.41, 5.74) is 6.00. The standard InChI is InChI=1S/C31H36N6O3/c1-40-27-14-21(31(39)35-17-22-15-32-24(22)18-35)12-23-29(27)37(16-19-6-7-19)30(33-23)26-13-20-4-2-5-25-28(20)36(26)10-9-34(25)8-3-11-38/h2,4-5,12-14,19,22,24,32,38H,3,6-11,15-18H2,1H3. The molecule has 5 heterocycles. The molecule has 1 amide bonds. The van der Waals surface area contributed by atoms with Gasteiger partial charge in [0.1, 0.15) is 11.3 Å². The molecule has 208 valence electrons. The molecule has 4 aromatic rings. The Bertz CT molecular complexity index is 1620. The number of nitrogens with one attached hydrogen (secondary N) is 1. The van der Waals surface area contributed by atoms with E-state index in [9.17, 15) is 9.90 Å². The number of imidazole rings is 1. The first-order valence-corrected chi connectivity index (χ1v) is 14.7. The van der Waals surface area contributed by atoms with Gasteiger partial charge in [-0.1, -0.05) is 12.1 Å². The number of amides is 1. The predicted octanol–water partition coefficient (Wildman–Crippen LogP) is 3.32. The van der Waals surface area contributed by atoms with Crippen LogP contribution in [0.4, 0.5) is 5.69 Å². The van der Waals surface area contributed by atoms with Gasteiger partial charge in [-0.2, -0.15) is 0 Å². The van der Waals surface area contributed by atoms with Crippen molar-refractivity contribution in [2.75, 3.05) is 51.3 Å². The smallest absolute Gasteiger partial charge is 0.254 e. The van der Waals surface area contributed by atoms with Crippen LogP contribution in [0.25, 0.3) is 33.5 Å². The summed E-state index contributed by atoms with van der Waals surface area (Å²) >= 11 is 0. The minimum absolute atomic E-state index is 0.0609. The second-order valence-corrected chi connectivity index (χ2v) is 12.0. The number of para-hydroxylation sites is 1. The first-order chi connectivity index (χ1) is 19.6. The summed E-state index contributed by atoms with van der Waals surface area (Å²) in [4.78, 5) is 23.2. The van der Waals surface area contributed by atoms with Gasteiger partial charge in [0.05, 0.1) is 29.5 Å². The van der Waals surface area contributed by atoms with Crippen molar-refractivity contribution in [2.24, 2.45) is 11.8 Å². The predicted molar refractivity (Wildman–Crippen MR) is 155 cm³/mol. The van der Waals surface area contributed by atoms with E-state index in [4.69, 9.17) is 9.72 Å². The Morgan fingerprint density at radius 1 is 1.15 bits per heavy atom. The van der Waals surface area contributed by atoms with Crippen LogP contribution in [-0.2, 0) is 13.1 Å². The van der Waals surface area contributed by atoms with E-state index in [1.54, 1.807) is 7.11 Å². The second-order valence-electron chi connectivity index (χ2n) is 12.0. The Kier molecular flexibility index (Phi) is 5.60. The highest BCUT2D eigenvalue weighted by Gasteiger charge is 2.41. The molecule has 3 aliphatic heterocycles. The maximum absolute atomic E-state index is 13.6. The number of aromatic nitrogens is 3. The van der Waals surface area contributed by atoms with Crippen LogP contribution >= 0.6 is 0 Å². The lowest BCUT2D eigenvalue weighted by atomic mass is 9.96. The fraction of sp³-hybridized carbons (Fsp3) is 0.484. The number of likely N-dealkylation sites (tertiary alicyclic amines) is 1. The molecule has 9 nitrogen and oxygen atoms in total. The third kappa shape index (κ3) is 3.74. The summed E-state index contributed by atoms with van der Waals surface area (Å²) in [5, 5.41) is 14.1. The zero-order valence-electron chi connectivity index (χ0n) is 23.0. The number of anilines is 1. The molecule has 1 aliphatic carbocycles. The van der Waals surface area contributed by atoms with Gasteiger partial charge in [0, 0.05) is 75.3 Å². The number of rotatable bonds is 8. The van der Waals surface area contributed by atoms with E-state index in [-0.39, 0.29) is 12.5 Å². The highest BCUT2D eigenvalue weighted by molar-refractivity contribution is 6.01. The van der Waals surface area contributed by atoms with Crippen LogP contribution in [0.3, 0.4) is 0 Å². The van der Waals surface area contributed by atoms with E-state index < -0.39 is 0 Å². The van der Waals surface area contributed by atoms with Gasteiger partial charge >= 0.3 is 0 Å². The molecule has 2 N–H and O–H groups in total. The summed E-state index contributed by atoms with van der Waals surface area (Å²) in [6.45, 7) is 6.28. The first kappa shape index (κ1) is 24.3. The normalized spacial score (nSPS) is 21.8. The molecule has 40 heavy (non-hydrogen) atoms. The molecule has 3 fully saturated rings. The summed E-state index contributed by atoms with van der Waals surface area (Å²) in [7, 11) is 1.69. The van der Waals surface area contributed by atoms with E-state index in [0.717, 1.165) is 74.8 Å². The summed E-state index contributed by atoms with van der Waals surface area (Å²) < 4.78 is 10.7. The van der Waals surface area contributed by atoms with E-state index in [1.807, 2.05) is 17.0 Å². The number of carbonyl (C=O) groups is 1. The highest BCUT2D eigenvalue weighted by Crippen LogP contribution is 2.41.